The van der Waals surface area contributed by atoms with Gasteiger partial charge in [0.05, 0.1) is 18.1 Å². The second-order valence-corrected chi connectivity index (χ2v) is 12.4. The molecule has 2 aromatic carbocycles. The van der Waals surface area contributed by atoms with E-state index in [1.807, 2.05) is 0 Å². The number of rotatable bonds is 15. The minimum atomic E-state index is 0.732. The molecule has 0 aliphatic carbocycles. The summed E-state index contributed by atoms with van der Waals surface area (Å²) >= 11 is 0. The van der Waals surface area contributed by atoms with Crippen molar-refractivity contribution in [2.75, 3.05) is 39.8 Å². The normalized spacial score (nSPS) is 14.8. The molecule has 0 spiro atoms. The zero-order valence-corrected chi connectivity index (χ0v) is 25.3. The number of hydrogen-bond acceptors (Lipinski definition) is 4. The van der Waals surface area contributed by atoms with E-state index in [0.717, 1.165) is 42.6 Å². The zero-order chi connectivity index (χ0) is 27.6. The standard InChI is InChI=1S/C34H52N4O/c1-27(2)16-22-37(23-17-28(3)4)26-30-12-15-32-33(24-30)38(21-9-20-36-18-7-6-8-19-36)34(35-32)25-29-10-13-31(39-5)14-11-29/h10-15,24,27-28H,6-9,16-23,25-26H2,1-5H3. The summed E-state index contributed by atoms with van der Waals surface area (Å²) in [7, 11) is 1.72. The van der Waals surface area contributed by atoms with Crippen LogP contribution in [0.3, 0.4) is 0 Å². The Hall–Kier alpha value is -2.37. The van der Waals surface area contributed by atoms with Gasteiger partial charge in [0.2, 0.25) is 0 Å². The van der Waals surface area contributed by atoms with Gasteiger partial charge in [0.25, 0.3) is 0 Å². The summed E-state index contributed by atoms with van der Waals surface area (Å²) in [6.45, 7) is 17.4. The van der Waals surface area contributed by atoms with E-state index in [4.69, 9.17) is 9.72 Å². The van der Waals surface area contributed by atoms with Gasteiger partial charge in [-0.15, -0.1) is 0 Å². The molecule has 5 nitrogen and oxygen atoms in total. The van der Waals surface area contributed by atoms with Crippen LogP contribution in [0.1, 0.15) is 83.2 Å². The van der Waals surface area contributed by atoms with Gasteiger partial charge in [0.1, 0.15) is 11.6 Å². The summed E-state index contributed by atoms with van der Waals surface area (Å²) in [4.78, 5) is 10.5. The highest BCUT2D eigenvalue weighted by molar-refractivity contribution is 5.77. The number of aryl methyl sites for hydroxylation is 1. The molecule has 0 amide bonds. The van der Waals surface area contributed by atoms with Crippen molar-refractivity contribution in [3.8, 4) is 5.75 Å². The molecule has 0 radical (unpaired) electrons. The largest absolute Gasteiger partial charge is 0.497 e. The van der Waals surface area contributed by atoms with Gasteiger partial charge in [-0.25, -0.2) is 4.98 Å². The molecule has 0 saturated carbocycles. The molecule has 0 bridgehead atoms. The molecule has 2 heterocycles. The molecule has 0 N–H and O–H groups in total. The first-order valence-corrected chi connectivity index (χ1v) is 15.5. The van der Waals surface area contributed by atoms with Crippen molar-refractivity contribution in [3.63, 3.8) is 0 Å². The molecule has 1 aromatic heterocycles. The summed E-state index contributed by atoms with van der Waals surface area (Å²) in [6.07, 6.45) is 8.60. The lowest BCUT2D eigenvalue weighted by Gasteiger charge is -2.26. The quantitative estimate of drug-likeness (QED) is 0.204. The van der Waals surface area contributed by atoms with Gasteiger partial charge in [-0.1, -0.05) is 52.3 Å². The first-order chi connectivity index (χ1) is 18.9. The Morgan fingerprint density at radius 2 is 1.51 bits per heavy atom. The lowest BCUT2D eigenvalue weighted by Crippen LogP contribution is -2.31. The molecule has 4 rings (SSSR count). The smallest absolute Gasteiger partial charge is 0.118 e. The van der Waals surface area contributed by atoms with Crippen LogP contribution < -0.4 is 4.74 Å². The van der Waals surface area contributed by atoms with Crippen LogP contribution in [0.5, 0.6) is 5.75 Å². The lowest BCUT2D eigenvalue weighted by atomic mass is 10.1. The van der Waals surface area contributed by atoms with E-state index >= 15 is 0 Å². The molecule has 214 valence electrons. The minimum Gasteiger partial charge on any atom is -0.497 e. The number of methoxy groups -OCH3 is 1. The second-order valence-electron chi connectivity index (χ2n) is 12.4. The molecule has 1 saturated heterocycles. The highest BCUT2D eigenvalue weighted by atomic mass is 16.5. The number of fused-ring (bicyclic) bond motifs is 1. The number of piperidine rings is 1. The van der Waals surface area contributed by atoms with Crippen molar-refractivity contribution in [1.29, 1.82) is 0 Å². The van der Waals surface area contributed by atoms with E-state index in [9.17, 15) is 0 Å². The van der Waals surface area contributed by atoms with Gasteiger partial charge in [0.15, 0.2) is 0 Å². The van der Waals surface area contributed by atoms with Crippen molar-refractivity contribution in [2.24, 2.45) is 11.8 Å². The van der Waals surface area contributed by atoms with E-state index in [2.05, 4.69) is 84.5 Å². The number of aromatic nitrogens is 2. The zero-order valence-electron chi connectivity index (χ0n) is 25.3. The van der Waals surface area contributed by atoms with Crippen molar-refractivity contribution < 1.29 is 4.74 Å². The fourth-order valence-corrected chi connectivity index (χ4v) is 5.67. The van der Waals surface area contributed by atoms with E-state index in [1.165, 1.54) is 93.7 Å². The minimum absolute atomic E-state index is 0.732. The molecule has 1 aliphatic rings. The molecular weight excluding hydrogens is 480 g/mol. The van der Waals surface area contributed by atoms with Gasteiger partial charge in [-0.3, -0.25) is 4.90 Å². The monoisotopic (exact) mass is 532 g/mol. The maximum absolute atomic E-state index is 5.38. The Labute approximate surface area is 237 Å². The van der Waals surface area contributed by atoms with Crippen molar-refractivity contribution in [2.45, 2.75) is 85.7 Å². The highest BCUT2D eigenvalue weighted by Crippen LogP contribution is 2.23. The first-order valence-electron chi connectivity index (χ1n) is 15.5. The summed E-state index contributed by atoms with van der Waals surface area (Å²) in [6, 6.07) is 15.4. The molecule has 1 aliphatic heterocycles. The first kappa shape index (κ1) is 29.6. The van der Waals surface area contributed by atoms with Crippen LogP contribution in [0.15, 0.2) is 42.5 Å². The summed E-state index contributed by atoms with van der Waals surface area (Å²) < 4.78 is 7.89. The number of likely N-dealkylation sites (tertiary alicyclic amines) is 1. The fraction of sp³-hybridized carbons (Fsp3) is 0.618. The van der Waals surface area contributed by atoms with Gasteiger partial charge in [0, 0.05) is 19.5 Å². The summed E-state index contributed by atoms with van der Waals surface area (Å²) in [5.41, 5.74) is 5.10. The molecule has 39 heavy (non-hydrogen) atoms. The molecule has 5 heteroatoms. The van der Waals surface area contributed by atoms with Gasteiger partial charge >= 0.3 is 0 Å². The Balaban J connectivity index is 1.56. The van der Waals surface area contributed by atoms with Crippen LogP contribution in [0, 0.1) is 11.8 Å². The third-order valence-corrected chi connectivity index (χ3v) is 8.17. The van der Waals surface area contributed by atoms with Crippen LogP contribution >= 0.6 is 0 Å². The van der Waals surface area contributed by atoms with Crippen molar-refractivity contribution in [1.82, 2.24) is 19.4 Å². The van der Waals surface area contributed by atoms with E-state index in [-0.39, 0.29) is 0 Å². The van der Waals surface area contributed by atoms with E-state index < -0.39 is 0 Å². The van der Waals surface area contributed by atoms with Crippen molar-refractivity contribution >= 4 is 11.0 Å². The van der Waals surface area contributed by atoms with E-state index in [0.29, 0.717) is 0 Å². The Morgan fingerprint density at radius 1 is 0.846 bits per heavy atom. The predicted molar refractivity (Wildman–Crippen MR) is 165 cm³/mol. The van der Waals surface area contributed by atoms with Crippen LogP contribution in [-0.4, -0.2) is 59.2 Å². The average Bonchev–Trinajstić information content (AvgIpc) is 3.27. The maximum Gasteiger partial charge on any atom is 0.118 e. The number of imidazole rings is 1. The molecular formula is C34H52N4O. The van der Waals surface area contributed by atoms with Gasteiger partial charge in [-0.05, 0) is 112 Å². The van der Waals surface area contributed by atoms with Gasteiger partial charge < -0.3 is 14.2 Å². The molecule has 0 unspecified atom stereocenters. The second kappa shape index (κ2) is 14.9. The van der Waals surface area contributed by atoms with Gasteiger partial charge in [-0.2, -0.15) is 0 Å². The Kier molecular flexibility index (Phi) is 11.3. The molecule has 1 fully saturated rings. The van der Waals surface area contributed by atoms with Crippen LogP contribution in [0.25, 0.3) is 11.0 Å². The molecule has 0 atom stereocenters. The van der Waals surface area contributed by atoms with Crippen LogP contribution in [0.4, 0.5) is 0 Å². The third kappa shape index (κ3) is 9.08. The lowest BCUT2D eigenvalue weighted by molar-refractivity contribution is 0.223. The predicted octanol–water partition coefficient (Wildman–Crippen LogP) is 7.41. The summed E-state index contributed by atoms with van der Waals surface area (Å²) in [5, 5.41) is 0. The third-order valence-electron chi connectivity index (χ3n) is 8.17. The molecule has 3 aromatic rings. The maximum atomic E-state index is 5.38. The average molecular weight is 533 g/mol. The summed E-state index contributed by atoms with van der Waals surface area (Å²) in [5.74, 6) is 3.53. The Bertz CT molecular complexity index is 1120. The van der Waals surface area contributed by atoms with Crippen LogP contribution in [-0.2, 0) is 19.5 Å². The Morgan fingerprint density at radius 3 is 2.15 bits per heavy atom. The number of nitrogens with zero attached hydrogens (tertiary/aromatic N) is 4. The number of hydrogen-bond donors (Lipinski definition) is 0. The SMILES string of the molecule is COc1ccc(Cc2nc3ccc(CN(CCC(C)C)CCC(C)C)cc3n2CCCN2CCCCC2)cc1. The number of benzene rings is 2. The number of ether oxygens (including phenoxy) is 1. The fourth-order valence-electron chi connectivity index (χ4n) is 5.67. The van der Waals surface area contributed by atoms with Crippen LogP contribution in [0.2, 0.25) is 0 Å². The highest BCUT2D eigenvalue weighted by Gasteiger charge is 2.16. The van der Waals surface area contributed by atoms with Crippen molar-refractivity contribution in [3.05, 3.63) is 59.4 Å². The topological polar surface area (TPSA) is 33.5 Å². The van der Waals surface area contributed by atoms with E-state index in [1.54, 1.807) is 7.11 Å².